The van der Waals surface area contributed by atoms with Crippen LogP contribution in [0.5, 0.6) is 0 Å². The van der Waals surface area contributed by atoms with Gasteiger partial charge < -0.3 is 10.0 Å². The van der Waals surface area contributed by atoms with E-state index in [2.05, 4.69) is 0 Å². The Morgan fingerprint density at radius 2 is 2.10 bits per heavy atom. The first kappa shape index (κ1) is 7.50. The summed E-state index contributed by atoms with van der Waals surface area (Å²) in [6.07, 6.45) is 2.89. The number of ketones is 1. The number of Topliss-reactive ketones (excluding diaryl/α,β-unsaturated/α-hetero) is 1. The lowest BCUT2D eigenvalue weighted by Gasteiger charge is -2.09. The lowest BCUT2D eigenvalue weighted by molar-refractivity contribution is -0.118. The van der Waals surface area contributed by atoms with Crippen LogP contribution in [0.2, 0.25) is 0 Å². The van der Waals surface area contributed by atoms with Crippen LogP contribution in [0.1, 0.15) is 19.3 Å². The summed E-state index contributed by atoms with van der Waals surface area (Å²) in [4.78, 5) is 10.6. The molecule has 0 atom stereocenters. The molecule has 0 radical (unpaired) electrons. The van der Waals surface area contributed by atoms with Crippen LogP contribution < -0.4 is 0 Å². The maximum Gasteiger partial charge on any atom is 0.483 e. The summed E-state index contributed by atoms with van der Waals surface area (Å²) in [7, 11) is -1.37. The first-order chi connectivity index (χ1) is 4.70. The van der Waals surface area contributed by atoms with Crippen LogP contribution in [0, 0.1) is 0 Å². The van der Waals surface area contributed by atoms with Crippen LogP contribution >= 0.6 is 0 Å². The molecule has 0 heterocycles. The summed E-state index contributed by atoms with van der Waals surface area (Å²) < 4.78 is 0. The summed E-state index contributed by atoms with van der Waals surface area (Å²) in [6.45, 7) is 0. The summed E-state index contributed by atoms with van der Waals surface area (Å²) in [5.74, 6) is 0.171. The Morgan fingerprint density at radius 1 is 1.40 bits per heavy atom. The second-order valence-electron chi connectivity index (χ2n) is 2.40. The molecule has 1 aliphatic carbocycles. The van der Waals surface area contributed by atoms with Crippen LogP contribution in [-0.4, -0.2) is 22.9 Å². The Labute approximate surface area is 59.5 Å². The van der Waals surface area contributed by atoms with Gasteiger partial charge in [-0.25, -0.2) is 0 Å². The van der Waals surface area contributed by atoms with Gasteiger partial charge >= 0.3 is 7.12 Å². The van der Waals surface area contributed by atoms with Gasteiger partial charge in [-0.2, -0.15) is 0 Å². The van der Waals surface area contributed by atoms with Crippen molar-refractivity contribution >= 4 is 12.9 Å². The molecule has 3 nitrogen and oxygen atoms in total. The van der Waals surface area contributed by atoms with Gasteiger partial charge in [0.15, 0.2) is 0 Å². The van der Waals surface area contributed by atoms with Gasteiger partial charge in [0.05, 0.1) is 0 Å². The Balaban J connectivity index is 2.56. The lowest BCUT2D eigenvalue weighted by atomic mass is 9.73. The molecule has 0 spiro atoms. The minimum atomic E-state index is -1.37. The molecule has 1 aliphatic rings. The monoisotopic (exact) mass is 140 g/mol. The quantitative estimate of drug-likeness (QED) is 0.490. The number of carbonyl (C=O) groups excluding carboxylic acids is 1. The van der Waals surface area contributed by atoms with E-state index >= 15 is 0 Å². The predicted octanol–water partition coefficient (Wildman–Crippen LogP) is -0.322. The van der Waals surface area contributed by atoms with Gasteiger partial charge in [-0.05, 0) is 11.9 Å². The molecule has 2 N–H and O–H groups in total. The van der Waals surface area contributed by atoms with E-state index in [0.29, 0.717) is 24.7 Å². The van der Waals surface area contributed by atoms with E-state index < -0.39 is 7.12 Å². The first-order valence-electron chi connectivity index (χ1n) is 3.27. The molecule has 0 fully saturated rings. The SMILES string of the molecule is O=C1CC=C(B(O)O)CC1. The van der Waals surface area contributed by atoms with Gasteiger partial charge in [-0.1, -0.05) is 6.08 Å². The maximum absolute atomic E-state index is 10.6. The van der Waals surface area contributed by atoms with E-state index in [9.17, 15) is 4.79 Å². The third kappa shape index (κ3) is 1.69. The molecular formula is C6H9BO3. The van der Waals surface area contributed by atoms with E-state index in [1.165, 1.54) is 0 Å². The van der Waals surface area contributed by atoms with Crippen molar-refractivity contribution in [3.8, 4) is 0 Å². The maximum atomic E-state index is 10.6. The van der Waals surface area contributed by atoms with Crippen LogP contribution in [0.3, 0.4) is 0 Å². The highest BCUT2D eigenvalue weighted by Gasteiger charge is 2.19. The van der Waals surface area contributed by atoms with Crippen LogP contribution in [0.4, 0.5) is 0 Å². The normalized spacial score (nSPS) is 18.6. The van der Waals surface area contributed by atoms with Crippen LogP contribution in [0.25, 0.3) is 0 Å². The Hall–Kier alpha value is -0.605. The fourth-order valence-electron chi connectivity index (χ4n) is 0.967. The average molecular weight is 140 g/mol. The number of rotatable bonds is 1. The molecule has 1 rings (SSSR count). The van der Waals surface area contributed by atoms with Crippen molar-refractivity contribution in [2.24, 2.45) is 0 Å². The van der Waals surface area contributed by atoms with Gasteiger partial charge in [0, 0.05) is 12.8 Å². The highest BCUT2D eigenvalue weighted by Crippen LogP contribution is 2.14. The summed E-state index contributed by atoms with van der Waals surface area (Å²) in [6, 6.07) is 0. The number of hydrogen-bond donors (Lipinski definition) is 2. The third-order valence-electron chi connectivity index (χ3n) is 1.62. The summed E-state index contributed by atoms with van der Waals surface area (Å²) in [5, 5.41) is 17.3. The second-order valence-corrected chi connectivity index (χ2v) is 2.40. The van der Waals surface area contributed by atoms with Gasteiger partial charge in [0.1, 0.15) is 5.78 Å². The van der Waals surface area contributed by atoms with Crippen molar-refractivity contribution in [3.63, 3.8) is 0 Å². The van der Waals surface area contributed by atoms with E-state index in [4.69, 9.17) is 10.0 Å². The molecule has 0 aromatic carbocycles. The molecule has 0 aliphatic heterocycles. The van der Waals surface area contributed by atoms with E-state index in [0.717, 1.165) is 0 Å². The molecule has 0 amide bonds. The fraction of sp³-hybridized carbons (Fsp3) is 0.500. The Morgan fingerprint density at radius 3 is 2.50 bits per heavy atom. The van der Waals surface area contributed by atoms with Crippen molar-refractivity contribution in [2.75, 3.05) is 0 Å². The van der Waals surface area contributed by atoms with Crippen molar-refractivity contribution in [3.05, 3.63) is 11.5 Å². The second kappa shape index (κ2) is 2.99. The first-order valence-corrected chi connectivity index (χ1v) is 3.27. The molecule has 54 valence electrons. The lowest BCUT2D eigenvalue weighted by Crippen LogP contribution is -2.19. The zero-order chi connectivity index (χ0) is 7.56. The zero-order valence-corrected chi connectivity index (χ0v) is 5.58. The number of hydrogen-bond acceptors (Lipinski definition) is 3. The van der Waals surface area contributed by atoms with Crippen molar-refractivity contribution < 1.29 is 14.8 Å². The average Bonchev–Trinajstić information content (AvgIpc) is 1.88. The predicted molar refractivity (Wildman–Crippen MR) is 37.1 cm³/mol. The van der Waals surface area contributed by atoms with Crippen molar-refractivity contribution in [1.82, 2.24) is 0 Å². The minimum Gasteiger partial charge on any atom is -0.423 e. The van der Waals surface area contributed by atoms with Gasteiger partial charge in [-0.15, -0.1) is 0 Å². The zero-order valence-electron chi connectivity index (χ0n) is 5.58. The molecule has 0 unspecified atom stereocenters. The molecule has 0 aromatic heterocycles. The number of allylic oxidation sites excluding steroid dienone is 2. The summed E-state index contributed by atoms with van der Waals surface area (Å²) in [5.41, 5.74) is 0.569. The Bertz CT molecular complexity index is 174. The van der Waals surface area contributed by atoms with Gasteiger partial charge in [0.2, 0.25) is 0 Å². The minimum absolute atomic E-state index is 0.171. The van der Waals surface area contributed by atoms with Gasteiger partial charge in [0.25, 0.3) is 0 Å². The molecule has 0 aromatic rings. The van der Waals surface area contributed by atoms with Gasteiger partial charge in [-0.3, -0.25) is 4.79 Å². The molecule has 0 saturated carbocycles. The number of carbonyl (C=O) groups is 1. The smallest absolute Gasteiger partial charge is 0.423 e. The third-order valence-corrected chi connectivity index (χ3v) is 1.62. The largest absolute Gasteiger partial charge is 0.483 e. The van der Waals surface area contributed by atoms with Crippen molar-refractivity contribution in [2.45, 2.75) is 19.3 Å². The molecular weight excluding hydrogens is 131 g/mol. The summed E-state index contributed by atoms with van der Waals surface area (Å²) >= 11 is 0. The van der Waals surface area contributed by atoms with Crippen molar-refractivity contribution in [1.29, 1.82) is 0 Å². The standard InChI is InChI=1S/C6H9BO3/c8-6-3-1-5(2-4-6)7(9)10/h1,9-10H,2-4H2. The molecule has 0 bridgehead atoms. The van der Waals surface area contributed by atoms with Crippen LogP contribution in [-0.2, 0) is 4.79 Å². The highest BCUT2D eigenvalue weighted by atomic mass is 16.4. The Kier molecular flexibility index (Phi) is 2.24. The fourth-order valence-corrected chi connectivity index (χ4v) is 0.967. The molecule has 10 heavy (non-hydrogen) atoms. The van der Waals surface area contributed by atoms with E-state index in [1.807, 2.05) is 0 Å². The topological polar surface area (TPSA) is 57.5 Å². The molecule has 0 saturated heterocycles. The van der Waals surface area contributed by atoms with E-state index in [-0.39, 0.29) is 5.78 Å². The molecule has 4 heteroatoms. The highest BCUT2D eigenvalue weighted by molar-refractivity contribution is 6.50. The van der Waals surface area contributed by atoms with Crippen LogP contribution in [0.15, 0.2) is 11.5 Å². The van der Waals surface area contributed by atoms with E-state index in [1.54, 1.807) is 6.08 Å².